The molecule has 0 fully saturated rings. The van der Waals surface area contributed by atoms with E-state index in [0.29, 0.717) is 16.5 Å². The first-order valence-corrected chi connectivity index (χ1v) is 6.54. The molecular formula is C11H12O6P+. The van der Waals surface area contributed by atoms with Crippen molar-refractivity contribution in [2.24, 2.45) is 0 Å². The standard InChI is InChI=1S/C11H11O6P/c1-16-9-6-10(17-18(13,14)15)11(12)8-5-3-2-4-7(8)9/h2-6,13-15H,1H3/p+1. The number of aromatic hydroxyl groups is 1. The Labute approximate surface area is 103 Å². The predicted octanol–water partition coefficient (Wildman–Crippen LogP) is 1.59. The number of hydrogen-bond donors (Lipinski definition) is 4. The van der Waals surface area contributed by atoms with Crippen molar-refractivity contribution >= 4 is 18.9 Å². The van der Waals surface area contributed by atoms with Crippen LogP contribution in [0.15, 0.2) is 30.3 Å². The summed E-state index contributed by atoms with van der Waals surface area (Å²) in [6, 6.07) is 8.09. The van der Waals surface area contributed by atoms with Crippen LogP contribution in [0.3, 0.4) is 0 Å². The lowest BCUT2D eigenvalue weighted by molar-refractivity contribution is 0.234. The van der Waals surface area contributed by atoms with E-state index < -0.39 is 8.17 Å². The van der Waals surface area contributed by atoms with Gasteiger partial charge >= 0.3 is 8.17 Å². The molecule has 96 valence electrons. The molecular weight excluding hydrogens is 259 g/mol. The molecule has 0 aliphatic heterocycles. The molecule has 0 saturated heterocycles. The minimum Gasteiger partial charge on any atom is -0.504 e. The van der Waals surface area contributed by atoms with Crippen molar-refractivity contribution in [3.63, 3.8) is 0 Å². The number of phenols is 1. The van der Waals surface area contributed by atoms with Gasteiger partial charge in [0, 0.05) is 16.8 Å². The molecule has 0 spiro atoms. The van der Waals surface area contributed by atoms with Crippen LogP contribution in [0.4, 0.5) is 0 Å². The van der Waals surface area contributed by atoms with Crippen LogP contribution in [0.2, 0.25) is 0 Å². The van der Waals surface area contributed by atoms with Gasteiger partial charge in [-0.3, -0.25) is 4.52 Å². The summed E-state index contributed by atoms with van der Waals surface area (Å²) >= 11 is 0. The summed E-state index contributed by atoms with van der Waals surface area (Å²) in [5.41, 5.74) is 0. The Hall–Kier alpha value is -1.59. The highest BCUT2D eigenvalue weighted by Gasteiger charge is 2.36. The highest BCUT2D eigenvalue weighted by atomic mass is 31.2. The Bertz CT molecular complexity index is 577. The van der Waals surface area contributed by atoms with E-state index in [1.807, 2.05) is 0 Å². The molecule has 0 aliphatic rings. The maximum Gasteiger partial charge on any atom is 0.614 e. The van der Waals surface area contributed by atoms with Gasteiger partial charge in [-0.1, -0.05) is 24.3 Å². The molecule has 0 heterocycles. The molecule has 0 saturated carbocycles. The second-order valence-electron chi connectivity index (χ2n) is 3.58. The van der Waals surface area contributed by atoms with Crippen LogP contribution in [-0.2, 0) is 0 Å². The van der Waals surface area contributed by atoms with E-state index in [2.05, 4.69) is 4.52 Å². The van der Waals surface area contributed by atoms with Crippen LogP contribution < -0.4 is 9.26 Å². The Balaban J connectivity index is 2.65. The van der Waals surface area contributed by atoms with Gasteiger partial charge in [0.2, 0.25) is 5.75 Å². The van der Waals surface area contributed by atoms with Crippen LogP contribution in [-0.4, -0.2) is 26.9 Å². The molecule has 0 unspecified atom stereocenters. The number of methoxy groups -OCH3 is 1. The fourth-order valence-electron chi connectivity index (χ4n) is 1.67. The topological polar surface area (TPSA) is 99.4 Å². The number of hydrogen-bond acceptors (Lipinski definition) is 6. The van der Waals surface area contributed by atoms with Gasteiger partial charge in [-0.15, -0.1) is 0 Å². The monoisotopic (exact) mass is 271 g/mol. The number of fused-ring (bicyclic) bond motifs is 1. The Kier molecular flexibility index (Phi) is 3.28. The van der Waals surface area contributed by atoms with Crippen molar-refractivity contribution in [3.8, 4) is 17.2 Å². The quantitative estimate of drug-likeness (QED) is 0.633. The molecule has 0 aromatic heterocycles. The second kappa shape index (κ2) is 4.59. The van der Waals surface area contributed by atoms with Crippen molar-refractivity contribution in [1.82, 2.24) is 0 Å². The van der Waals surface area contributed by atoms with Crippen molar-refractivity contribution in [2.75, 3.05) is 7.11 Å². The molecule has 0 amide bonds. The second-order valence-corrected chi connectivity index (χ2v) is 4.78. The van der Waals surface area contributed by atoms with Gasteiger partial charge in [0.1, 0.15) is 5.75 Å². The Morgan fingerprint density at radius 2 is 1.61 bits per heavy atom. The predicted molar refractivity (Wildman–Crippen MR) is 66.4 cm³/mol. The van der Waals surface area contributed by atoms with E-state index in [4.69, 9.17) is 19.4 Å². The summed E-state index contributed by atoms with van der Waals surface area (Å²) in [6.07, 6.45) is 0. The van der Waals surface area contributed by atoms with E-state index in [9.17, 15) is 5.11 Å². The third-order valence-electron chi connectivity index (χ3n) is 2.38. The zero-order valence-corrected chi connectivity index (χ0v) is 10.3. The third kappa shape index (κ3) is 2.47. The summed E-state index contributed by atoms with van der Waals surface area (Å²) in [5, 5.41) is 11.0. The average Bonchev–Trinajstić information content (AvgIpc) is 2.31. The van der Waals surface area contributed by atoms with Crippen LogP contribution in [0.5, 0.6) is 17.2 Å². The van der Waals surface area contributed by atoms with Crippen molar-refractivity contribution < 1.29 is 29.0 Å². The first kappa shape index (κ1) is 12.9. The summed E-state index contributed by atoms with van der Waals surface area (Å²) in [5.74, 6) is -0.175. The van der Waals surface area contributed by atoms with E-state index in [0.717, 1.165) is 0 Å². The number of ether oxygens (including phenoxy) is 1. The molecule has 4 N–H and O–H groups in total. The molecule has 7 heteroatoms. The zero-order valence-electron chi connectivity index (χ0n) is 9.44. The molecule has 18 heavy (non-hydrogen) atoms. The van der Waals surface area contributed by atoms with Gasteiger partial charge in [-0.2, -0.15) is 14.7 Å². The molecule has 2 rings (SSSR count). The van der Waals surface area contributed by atoms with E-state index >= 15 is 0 Å². The maximum absolute atomic E-state index is 9.94. The summed E-state index contributed by atoms with van der Waals surface area (Å²) in [6.45, 7) is 0. The number of rotatable bonds is 3. The van der Waals surface area contributed by atoms with Crippen LogP contribution in [0.25, 0.3) is 10.8 Å². The fourth-order valence-corrected chi connectivity index (χ4v) is 2.08. The van der Waals surface area contributed by atoms with Gasteiger partial charge in [-0.25, -0.2) is 0 Å². The van der Waals surface area contributed by atoms with Gasteiger partial charge in [0.15, 0.2) is 5.75 Å². The van der Waals surface area contributed by atoms with E-state index in [-0.39, 0.29) is 11.5 Å². The fraction of sp³-hybridized carbons (Fsp3) is 0.0909. The maximum atomic E-state index is 9.94. The molecule has 2 aromatic rings. The van der Waals surface area contributed by atoms with Gasteiger partial charge in [0.05, 0.1) is 7.11 Å². The summed E-state index contributed by atoms with van der Waals surface area (Å²) < 4.78 is 9.64. The van der Waals surface area contributed by atoms with Crippen molar-refractivity contribution in [1.29, 1.82) is 0 Å². The number of phenolic OH excluding ortho intramolecular Hbond substituents is 1. The molecule has 0 bridgehead atoms. The van der Waals surface area contributed by atoms with E-state index in [1.165, 1.54) is 13.2 Å². The zero-order chi connectivity index (χ0) is 13.3. The Morgan fingerprint density at radius 3 is 2.17 bits per heavy atom. The van der Waals surface area contributed by atoms with Gasteiger partial charge in [-0.05, 0) is 0 Å². The molecule has 6 nitrogen and oxygen atoms in total. The summed E-state index contributed by atoms with van der Waals surface area (Å²) in [7, 11) is -3.06. The lowest BCUT2D eigenvalue weighted by Gasteiger charge is -2.11. The van der Waals surface area contributed by atoms with Crippen molar-refractivity contribution in [2.45, 2.75) is 0 Å². The molecule has 0 radical (unpaired) electrons. The van der Waals surface area contributed by atoms with Gasteiger partial charge in [0.25, 0.3) is 0 Å². The minimum absolute atomic E-state index is 0.258. The first-order valence-electron chi connectivity index (χ1n) is 4.98. The van der Waals surface area contributed by atoms with Crippen molar-refractivity contribution in [3.05, 3.63) is 30.3 Å². The Morgan fingerprint density at radius 1 is 1.00 bits per heavy atom. The van der Waals surface area contributed by atoms with E-state index in [1.54, 1.807) is 24.3 Å². The number of benzene rings is 2. The smallest absolute Gasteiger partial charge is 0.504 e. The van der Waals surface area contributed by atoms with Crippen LogP contribution in [0, 0.1) is 0 Å². The minimum atomic E-state index is -4.49. The van der Waals surface area contributed by atoms with Gasteiger partial charge < -0.3 is 9.84 Å². The highest BCUT2D eigenvalue weighted by molar-refractivity contribution is 7.53. The molecule has 2 aromatic carbocycles. The summed E-state index contributed by atoms with van der Waals surface area (Å²) in [4.78, 5) is 26.6. The SMILES string of the molecule is COc1cc(O[P+](O)(O)O)c(O)c2ccccc12. The van der Waals surface area contributed by atoms with Crippen LogP contribution in [0.1, 0.15) is 0 Å². The highest BCUT2D eigenvalue weighted by Crippen LogP contribution is 2.51. The normalized spacial score (nSPS) is 11.6. The molecule has 0 atom stereocenters. The third-order valence-corrected chi connectivity index (χ3v) is 2.83. The average molecular weight is 271 g/mol. The van der Waals surface area contributed by atoms with Crippen LogP contribution >= 0.6 is 8.17 Å². The lowest BCUT2D eigenvalue weighted by atomic mass is 10.1. The lowest BCUT2D eigenvalue weighted by Crippen LogP contribution is -1.99. The molecule has 0 aliphatic carbocycles. The first-order chi connectivity index (χ1) is 8.42. The largest absolute Gasteiger partial charge is 0.614 e.